The van der Waals surface area contributed by atoms with Crippen LogP contribution in [0.1, 0.15) is 0 Å². The highest BCUT2D eigenvalue weighted by Crippen LogP contribution is 2.35. The lowest BCUT2D eigenvalue weighted by Crippen LogP contribution is -2.00. The SMILES string of the molecule is c1ccc(-c2ccc(-c3cccc(-c4cccc(-c5nc(-c6ccccc6)nc(-c6cc(-c7ccccc7)cc(-c7ccccc7)c6)n5)c4)c3)cc2)cc1. The Morgan fingerprint density at radius 3 is 0.907 bits per heavy atom. The molecule has 0 atom stereocenters. The molecule has 54 heavy (non-hydrogen) atoms. The van der Waals surface area contributed by atoms with Gasteiger partial charge >= 0.3 is 0 Å². The number of nitrogens with zero attached hydrogens (tertiary/aromatic N) is 3. The zero-order valence-electron chi connectivity index (χ0n) is 29.5. The fourth-order valence-electron chi connectivity index (χ4n) is 6.90. The summed E-state index contributed by atoms with van der Waals surface area (Å²) in [6.45, 7) is 0. The van der Waals surface area contributed by atoms with Crippen LogP contribution < -0.4 is 0 Å². The van der Waals surface area contributed by atoms with Crippen LogP contribution in [0.3, 0.4) is 0 Å². The van der Waals surface area contributed by atoms with Crippen LogP contribution in [0.4, 0.5) is 0 Å². The van der Waals surface area contributed by atoms with Crippen LogP contribution in [0.25, 0.3) is 89.8 Å². The van der Waals surface area contributed by atoms with Gasteiger partial charge < -0.3 is 0 Å². The maximum atomic E-state index is 5.18. The van der Waals surface area contributed by atoms with E-state index in [0.29, 0.717) is 17.5 Å². The molecule has 254 valence electrons. The number of hydrogen-bond acceptors (Lipinski definition) is 3. The molecule has 8 aromatic carbocycles. The van der Waals surface area contributed by atoms with Crippen molar-refractivity contribution in [2.75, 3.05) is 0 Å². The second-order valence-corrected chi connectivity index (χ2v) is 13.3. The molecule has 0 saturated heterocycles. The minimum Gasteiger partial charge on any atom is -0.208 e. The molecule has 0 bridgehead atoms. The first-order valence-corrected chi connectivity index (χ1v) is 18.2. The van der Waals surface area contributed by atoms with Gasteiger partial charge in [0.1, 0.15) is 0 Å². The van der Waals surface area contributed by atoms with E-state index in [0.717, 1.165) is 50.1 Å². The summed E-state index contributed by atoms with van der Waals surface area (Å²) in [5.41, 5.74) is 14.3. The molecule has 0 aliphatic carbocycles. The summed E-state index contributed by atoms with van der Waals surface area (Å²) >= 11 is 0. The van der Waals surface area contributed by atoms with Crippen molar-refractivity contribution in [1.29, 1.82) is 0 Å². The lowest BCUT2D eigenvalue weighted by Gasteiger charge is -2.13. The van der Waals surface area contributed by atoms with Crippen LogP contribution in [-0.2, 0) is 0 Å². The molecule has 3 nitrogen and oxygen atoms in total. The third kappa shape index (κ3) is 6.99. The second kappa shape index (κ2) is 14.8. The van der Waals surface area contributed by atoms with Gasteiger partial charge in [0.15, 0.2) is 17.5 Å². The van der Waals surface area contributed by atoms with Gasteiger partial charge in [-0.3, -0.25) is 0 Å². The predicted molar refractivity (Wildman–Crippen MR) is 223 cm³/mol. The summed E-state index contributed by atoms with van der Waals surface area (Å²) < 4.78 is 0. The number of benzene rings is 8. The number of aromatic nitrogens is 3. The van der Waals surface area contributed by atoms with E-state index in [4.69, 9.17) is 15.0 Å². The summed E-state index contributed by atoms with van der Waals surface area (Å²) in [7, 11) is 0. The lowest BCUT2D eigenvalue weighted by atomic mass is 9.95. The Balaban J connectivity index is 1.13. The summed E-state index contributed by atoms with van der Waals surface area (Å²) in [4.78, 5) is 15.3. The summed E-state index contributed by atoms with van der Waals surface area (Å²) in [6, 6.07) is 74.2. The average molecular weight is 690 g/mol. The lowest BCUT2D eigenvalue weighted by molar-refractivity contribution is 1.07. The van der Waals surface area contributed by atoms with Gasteiger partial charge in [-0.25, -0.2) is 15.0 Å². The maximum absolute atomic E-state index is 5.18. The highest BCUT2D eigenvalue weighted by molar-refractivity contribution is 5.81. The van der Waals surface area contributed by atoms with Crippen LogP contribution in [0.15, 0.2) is 212 Å². The molecule has 1 aromatic heterocycles. The summed E-state index contributed by atoms with van der Waals surface area (Å²) in [5.74, 6) is 1.88. The third-order valence-electron chi connectivity index (χ3n) is 9.71. The van der Waals surface area contributed by atoms with Gasteiger partial charge in [-0.15, -0.1) is 0 Å². The van der Waals surface area contributed by atoms with Crippen molar-refractivity contribution >= 4 is 0 Å². The molecule has 0 aliphatic heterocycles. The van der Waals surface area contributed by atoms with Crippen molar-refractivity contribution in [2.24, 2.45) is 0 Å². The molecule has 0 radical (unpaired) electrons. The van der Waals surface area contributed by atoms with Crippen molar-refractivity contribution in [1.82, 2.24) is 15.0 Å². The average Bonchev–Trinajstić information content (AvgIpc) is 3.27. The van der Waals surface area contributed by atoms with Gasteiger partial charge in [0, 0.05) is 16.7 Å². The van der Waals surface area contributed by atoms with Gasteiger partial charge in [-0.2, -0.15) is 0 Å². The third-order valence-corrected chi connectivity index (χ3v) is 9.71. The number of hydrogen-bond donors (Lipinski definition) is 0. The molecule has 0 amide bonds. The van der Waals surface area contributed by atoms with Crippen LogP contribution in [0, 0.1) is 0 Å². The molecule has 0 unspecified atom stereocenters. The Bertz CT molecular complexity index is 2620. The van der Waals surface area contributed by atoms with Gasteiger partial charge in [0.25, 0.3) is 0 Å². The maximum Gasteiger partial charge on any atom is 0.164 e. The molecule has 0 fully saturated rings. The molecule has 0 spiro atoms. The minimum absolute atomic E-state index is 0.625. The normalized spacial score (nSPS) is 11.0. The minimum atomic E-state index is 0.625. The van der Waals surface area contributed by atoms with E-state index < -0.39 is 0 Å². The largest absolute Gasteiger partial charge is 0.208 e. The van der Waals surface area contributed by atoms with Crippen molar-refractivity contribution in [3.8, 4) is 89.8 Å². The van der Waals surface area contributed by atoms with Crippen molar-refractivity contribution in [3.63, 3.8) is 0 Å². The fraction of sp³-hybridized carbons (Fsp3) is 0. The van der Waals surface area contributed by atoms with Crippen LogP contribution in [0.2, 0.25) is 0 Å². The Morgan fingerprint density at radius 2 is 0.426 bits per heavy atom. The van der Waals surface area contributed by atoms with Gasteiger partial charge in [-0.1, -0.05) is 182 Å². The van der Waals surface area contributed by atoms with Crippen molar-refractivity contribution in [2.45, 2.75) is 0 Å². The highest BCUT2D eigenvalue weighted by Gasteiger charge is 2.15. The smallest absolute Gasteiger partial charge is 0.164 e. The summed E-state index contributed by atoms with van der Waals surface area (Å²) in [5, 5.41) is 0. The van der Waals surface area contributed by atoms with E-state index in [2.05, 4.69) is 164 Å². The topological polar surface area (TPSA) is 38.7 Å². The van der Waals surface area contributed by atoms with Crippen LogP contribution in [0.5, 0.6) is 0 Å². The standard InChI is InChI=1S/C51H35N3/c1-5-15-36(16-6-1)39-27-29-40(30-28-39)42-23-13-24-43(31-42)44-25-14-26-45(32-44)50-52-49(41-21-11-4-12-22-41)53-51(54-50)48-34-46(37-17-7-2-8-18-37)33-47(35-48)38-19-9-3-10-20-38/h1-35H. The van der Waals surface area contributed by atoms with Crippen molar-refractivity contribution in [3.05, 3.63) is 212 Å². The highest BCUT2D eigenvalue weighted by atomic mass is 15.0. The second-order valence-electron chi connectivity index (χ2n) is 13.3. The first-order chi connectivity index (χ1) is 26.7. The molecule has 3 heteroatoms. The molecule has 9 rings (SSSR count). The molecule has 9 aromatic rings. The zero-order chi connectivity index (χ0) is 36.1. The van der Waals surface area contributed by atoms with Gasteiger partial charge in [-0.05, 0) is 86.0 Å². The Labute approximate surface area is 316 Å². The first-order valence-electron chi connectivity index (χ1n) is 18.2. The Morgan fingerprint density at radius 1 is 0.167 bits per heavy atom. The number of rotatable bonds is 8. The monoisotopic (exact) mass is 689 g/mol. The van der Waals surface area contributed by atoms with E-state index in [1.54, 1.807) is 0 Å². The fourth-order valence-corrected chi connectivity index (χ4v) is 6.90. The van der Waals surface area contributed by atoms with E-state index >= 15 is 0 Å². The Kier molecular flexibility index (Phi) is 8.94. The van der Waals surface area contributed by atoms with Gasteiger partial charge in [0.2, 0.25) is 0 Å². The molecule has 0 N–H and O–H groups in total. The van der Waals surface area contributed by atoms with Crippen molar-refractivity contribution < 1.29 is 0 Å². The predicted octanol–water partition coefficient (Wildman–Crippen LogP) is 13.2. The molecule has 0 saturated carbocycles. The van der Waals surface area contributed by atoms with E-state index in [1.807, 2.05) is 48.5 Å². The van der Waals surface area contributed by atoms with E-state index in [9.17, 15) is 0 Å². The first kappa shape index (κ1) is 32.7. The molecular weight excluding hydrogens is 655 g/mol. The van der Waals surface area contributed by atoms with Crippen LogP contribution in [-0.4, -0.2) is 15.0 Å². The zero-order valence-corrected chi connectivity index (χ0v) is 29.5. The van der Waals surface area contributed by atoms with Crippen LogP contribution >= 0.6 is 0 Å². The molecular formula is C51H35N3. The van der Waals surface area contributed by atoms with Gasteiger partial charge in [0.05, 0.1) is 0 Å². The van der Waals surface area contributed by atoms with E-state index in [1.165, 1.54) is 22.3 Å². The Hall–Kier alpha value is -7.23. The quantitative estimate of drug-likeness (QED) is 0.159. The summed E-state index contributed by atoms with van der Waals surface area (Å²) in [6.07, 6.45) is 0. The molecule has 0 aliphatic rings. The van der Waals surface area contributed by atoms with E-state index in [-0.39, 0.29) is 0 Å². The molecule has 1 heterocycles.